The Labute approximate surface area is 186 Å². The topological polar surface area (TPSA) is 72.7 Å². The number of hydrogen-bond acceptors (Lipinski definition) is 8. The van der Waals surface area contributed by atoms with Gasteiger partial charge in [-0.3, -0.25) is 0 Å². The largest absolute Gasteiger partial charge is 0.573 e. The van der Waals surface area contributed by atoms with E-state index in [0.717, 1.165) is 12.8 Å². The van der Waals surface area contributed by atoms with E-state index in [4.69, 9.17) is 9.15 Å². The van der Waals surface area contributed by atoms with Crippen LogP contribution in [0.2, 0.25) is 0 Å². The fourth-order valence-electron chi connectivity index (χ4n) is 4.45. The van der Waals surface area contributed by atoms with Crippen molar-refractivity contribution >= 4 is 28.5 Å². The SMILES string of the molecule is COC(C)(C)c1cc(-c2cscn2)c2oc(N3CC4CCC(C3)N4)nc2c1OC(F)(F)F. The number of fused-ring (bicyclic) bond motifs is 3. The van der Waals surface area contributed by atoms with Gasteiger partial charge in [-0.2, -0.15) is 4.98 Å². The van der Waals surface area contributed by atoms with Crippen LogP contribution in [-0.4, -0.2) is 48.6 Å². The van der Waals surface area contributed by atoms with Crippen LogP contribution >= 0.6 is 11.3 Å². The van der Waals surface area contributed by atoms with E-state index in [1.54, 1.807) is 25.4 Å². The standard InChI is InChI=1S/C21H23F3N4O3S/c1-20(2,29-3)14-6-13(15-9-32-10-25-15)17-16(18(14)31-21(22,23)24)27-19(30-17)28-7-11-4-5-12(8-28)26-11/h6,9-12,26H,4-5,7-8H2,1-3H3. The van der Waals surface area contributed by atoms with Crippen LogP contribution in [0.5, 0.6) is 5.75 Å². The fourth-order valence-corrected chi connectivity index (χ4v) is 5.00. The Morgan fingerprint density at radius 2 is 1.94 bits per heavy atom. The lowest BCUT2D eigenvalue weighted by Gasteiger charge is -2.31. The maximum absolute atomic E-state index is 13.4. The molecule has 0 saturated carbocycles. The summed E-state index contributed by atoms with van der Waals surface area (Å²) >= 11 is 1.39. The number of nitrogens with one attached hydrogen (secondary N) is 1. The summed E-state index contributed by atoms with van der Waals surface area (Å²) in [4.78, 5) is 10.9. The molecular formula is C21H23F3N4O3S. The summed E-state index contributed by atoms with van der Waals surface area (Å²) < 4.78 is 56.4. The molecule has 0 radical (unpaired) electrons. The molecule has 0 spiro atoms. The highest BCUT2D eigenvalue weighted by molar-refractivity contribution is 7.07. The van der Waals surface area contributed by atoms with Crippen LogP contribution in [0.3, 0.4) is 0 Å². The second-order valence-corrected chi connectivity index (χ2v) is 9.37. The number of anilines is 1. The van der Waals surface area contributed by atoms with Gasteiger partial charge in [-0.05, 0) is 32.8 Å². The van der Waals surface area contributed by atoms with Crippen molar-refractivity contribution in [2.75, 3.05) is 25.1 Å². The zero-order valence-electron chi connectivity index (χ0n) is 17.8. The van der Waals surface area contributed by atoms with Crippen LogP contribution in [0.1, 0.15) is 32.3 Å². The highest BCUT2D eigenvalue weighted by atomic mass is 32.1. The van der Waals surface area contributed by atoms with Crippen molar-refractivity contribution in [3.63, 3.8) is 0 Å². The molecule has 7 nitrogen and oxygen atoms in total. The average molecular weight is 469 g/mol. The first-order valence-electron chi connectivity index (χ1n) is 10.3. The van der Waals surface area contributed by atoms with Crippen LogP contribution in [0.25, 0.3) is 22.4 Å². The van der Waals surface area contributed by atoms with E-state index in [2.05, 4.69) is 20.0 Å². The van der Waals surface area contributed by atoms with E-state index in [1.807, 2.05) is 10.3 Å². The number of hydrogen-bond donors (Lipinski definition) is 1. The first-order chi connectivity index (χ1) is 15.1. The van der Waals surface area contributed by atoms with Crippen molar-refractivity contribution in [2.45, 2.75) is 50.7 Å². The van der Waals surface area contributed by atoms with Crippen LogP contribution in [0.15, 0.2) is 21.4 Å². The monoisotopic (exact) mass is 468 g/mol. The molecule has 0 amide bonds. The molecule has 0 aliphatic carbocycles. The molecule has 32 heavy (non-hydrogen) atoms. The molecule has 11 heteroatoms. The van der Waals surface area contributed by atoms with Crippen LogP contribution in [0.4, 0.5) is 19.2 Å². The number of aromatic nitrogens is 2. The quantitative estimate of drug-likeness (QED) is 0.583. The molecule has 2 aromatic heterocycles. The van der Waals surface area contributed by atoms with Gasteiger partial charge in [0.25, 0.3) is 6.01 Å². The maximum atomic E-state index is 13.4. The molecule has 5 rings (SSSR count). The molecule has 4 heterocycles. The Bertz CT molecular complexity index is 1120. The van der Waals surface area contributed by atoms with E-state index in [-0.39, 0.29) is 22.7 Å². The van der Waals surface area contributed by atoms with Gasteiger partial charge in [0.05, 0.1) is 16.8 Å². The van der Waals surface area contributed by atoms with Gasteiger partial charge in [0.1, 0.15) is 0 Å². The van der Waals surface area contributed by atoms with Crippen molar-refractivity contribution in [1.82, 2.24) is 15.3 Å². The Balaban J connectivity index is 1.73. The molecule has 2 aliphatic heterocycles. The number of benzene rings is 1. The number of methoxy groups -OCH3 is 1. The van der Waals surface area contributed by atoms with Crippen LogP contribution in [-0.2, 0) is 10.3 Å². The summed E-state index contributed by atoms with van der Waals surface area (Å²) in [6, 6.07) is 2.51. The molecule has 1 aromatic carbocycles. The Morgan fingerprint density at radius 1 is 1.22 bits per heavy atom. The predicted molar refractivity (Wildman–Crippen MR) is 114 cm³/mol. The summed E-state index contributed by atoms with van der Waals surface area (Å²) in [5.74, 6) is -0.411. The number of alkyl halides is 3. The molecule has 3 aromatic rings. The lowest BCUT2D eigenvalue weighted by Crippen LogP contribution is -2.51. The molecule has 172 valence electrons. The summed E-state index contributed by atoms with van der Waals surface area (Å²) in [5.41, 5.74) is 2.16. The van der Waals surface area contributed by atoms with E-state index in [1.165, 1.54) is 18.4 Å². The lowest BCUT2D eigenvalue weighted by molar-refractivity contribution is -0.274. The molecule has 2 saturated heterocycles. The highest BCUT2D eigenvalue weighted by Crippen LogP contribution is 2.45. The summed E-state index contributed by atoms with van der Waals surface area (Å²) in [7, 11) is 1.44. The molecule has 1 N–H and O–H groups in total. The number of nitrogens with zero attached hydrogens (tertiary/aromatic N) is 3. The minimum absolute atomic E-state index is 0.00818. The van der Waals surface area contributed by atoms with Crippen LogP contribution in [0, 0.1) is 0 Å². The third kappa shape index (κ3) is 3.82. The zero-order valence-corrected chi connectivity index (χ0v) is 18.6. The number of oxazole rings is 1. The van der Waals surface area contributed by atoms with Crippen molar-refractivity contribution in [3.8, 4) is 17.0 Å². The van der Waals surface area contributed by atoms with Crippen molar-refractivity contribution in [2.24, 2.45) is 0 Å². The van der Waals surface area contributed by atoms with E-state index in [9.17, 15) is 13.2 Å². The van der Waals surface area contributed by atoms with E-state index >= 15 is 0 Å². The molecule has 2 bridgehead atoms. The minimum Gasteiger partial charge on any atom is -0.423 e. The lowest BCUT2D eigenvalue weighted by atomic mass is 9.93. The summed E-state index contributed by atoms with van der Waals surface area (Å²) in [6.07, 6.45) is -2.79. The molecule has 2 unspecified atom stereocenters. The van der Waals surface area contributed by atoms with Gasteiger partial charge in [-0.25, -0.2) is 4.98 Å². The van der Waals surface area contributed by atoms with Gasteiger partial charge in [-0.1, -0.05) is 0 Å². The molecule has 2 atom stereocenters. The second-order valence-electron chi connectivity index (χ2n) is 8.65. The number of ether oxygens (including phenoxy) is 2. The maximum Gasteiger partial charge on any atom is 0.573 e. The average Bonchev–Trinajstić information content (AvgIpc) is 3.47. The first kappa shape index (κ1) is 21.5. The number of piperazine rings is 1. The Morgan fingerprint density at radius 3 is 2.53 bits per heavy atom. The van der Waals surface area contributed by atoms with Gasteiger partial charge in [-0.15, -0.1) is 24.5 Å². The van der Waals surface area contributed by atoms with E-state index < -0.39 is 17.7 Å². The number of rotatable bonds is 5. The Kier molecular flexibility index (Phi) is 5.10. The third-order valence-corrected chi connectivity index (χ3v) is 6.77. The smallest absolute Gasteiger partial charge is 0.423 e. The summed E-state index contributed by atoms with van der Waals surface area (Å²) in [6.45, 7) is 4.72. The highest BCUT2D eigenvalue weighted by Gasteiger charge is 2.39. The van der Waals surface area contributed by atoms with Gasteiger partial charge in [0, 0.05) is 48.8 Å². The Hall–Kier alpha value is -2.37. The predicted octanol–water partition coefficient (Wildman–Crippen LogP) is 4.67. The van der Waals surface area contributed by atoms with Gasteiger partial charge in [0.15, 0.2) is 16.8 Å². The van der Waals surface area contributed by atoms with Gasteiger partial charge in [0.2, 0.25) is 0 Å². The first-order valence-corrected chi connectivity index (χ1v) is 11.3. The minimum atomic E-state index is -4.90. The number of thiazole rings is 1. The second kappa shape index (κ2) is 7.60. The zero-order chi connectivity index (χ0) is 22.7. The third-order valence-electron chi connectivity index (χ3n) is 6.18. The fraction of sp³-hybridized carbons (Fsp3) is 0.524. The van der Waals surface area contributed by atoms with Crippen LogP contribution < -0.4 is 15.0 Å². The molecule has 2 aliphatic rings. The van der Waals surface area contributed by atoms with Gasteiger partial charge < -0.3 is 24.1 Å². The van der Waals surface area contributed by atoms with Crippen molar-refractivity contribution < 1.29 is 27.1 Å². The summed E-state index contributed by atoms with van der Waals surface area (Å²) in [5, 5.41) is 5.34. The normalized spacial score (nSPS) is 21.5. The van der Waals surface area contributed by atoms with Crippen molar-refractivity contribution in [3.05, 3.63) is 22.5 Å². The molecular weight excluding hydrogens is 445 g/mol. The van der Waals surface area contributed by atoms with E-state index in [0.29, 0.717) is 36.4 Å². The van der Waals surface area contributed by atoms with Gasteiger partial charge >= 0.3 is 6.36 Å². The molecule has 2 fully saturated rings. The van der Waals surface area contributed by atoms with Crippen molar-refractivity contribution in [1.29, 1.82) is 0 Å². The number of halogens is 3.